The van der Waals surface area contributed by atoms with E-state index in [1.807, 2.05) is 6.07 Å². The molecule has 1 aliphatic rings. The summed E-state index contributed by atoms with van der Waals surface area (Å²) in [6.45, 7) is 10.1. The van der Waals surface area contributed by atoms with Gasteiger partial charge >= 0.3 is 0 Å². The lowest BCUT2D eigenvalue weighted by molar-refractivity contribution is 0.174. The molecule has 1 heterocycles. The largest absolute Gasteiger partial charge is 0.493 e. The molecule has 0 atom stereocenters. The summed E-state index contributed by atoms with van der Waals surface area (Å²) in [6.07, 6.45) is 1.10. The Morgan fingerprint density at radius 1 is 1.12 bits per heavy atom. The Labute approximate surface area is 150 Å². The van der Waals surface area contributed by atoms with Crippen LogP contribution in [-0.4, -0.2) is 61.9 Å². The Hall–Kier alpha value is -1.53. The molecule has 0 saturated carbocycles. The average Bonchev–Trinajstić information content (AvgIpc) is 2.61. The van der Waals surface area contributed by atoms with Gasteiger partial charge in [0.2, 0.25) is 0 Å². The van der Waals surface area contributed by atoms with E-state index < -0.39 is 0 Å². The van der Waals surface area contributed by atoms with Gasteiger partial charge in [0.15, 0.2) is 16.6 Å². The molecule has 2 rings (SSSR count). The van der Waals surface area contributed by atoms with Gasteiger partial charge in [0.25, 0.3) is 0 Å². The number of nitrogens with zero attached hydrogens (tertiary/aromatic N) is 2. The maximum Gasteiger partial charge on any atom is 0.169 e. The molecule has 1 aromatic carbocycles. The van der Waals surface area contributed by atoms with Gasteiger partial charge in [0.05, 0.1) is 14.2 Å². The first-order chi connectivity index (χ1) is 11.6. The predicted octanol–water partition coefficient (Wildman–Crippen LogP) is 2.41. The molecule has 0 bridgehead atoms. The highest BCUT2D eigenvalue weighted by Gasteiger charge is 2.20. The zero-order chi connectivity index (χ0) is 17.5. The molecular weight excluding hydrogens is 322 g/mol. The highest BCUT2D eigenvalue weighted by atomic mass is 32.1. The summed E-state index contributed by atoms with van der Waals surface area (Å²) in [4.78, 5) is 4.73. The van der Waals surface area contributed by atoms with Crippen molar-refractivity contribution in [2.24, 2.45) is 0 Å². The predicted molar refractivity (Wildman–Crippen MR) is 102 cm³/mol. The number of hydrogen-bond acceptors (Lipinski definition) is 4. The van der Waals surface area contributed by atoms with E-state index in [-0.39, 0.29) is 0 Å². The molecule has 1 fully saturated rings. The lowest BCUT2D eigenvalue weighted by Crippen LogP contribution is -2.51. The zero-order valence-corrected chi connectivity index (χ0v) is 16.0. The van der Waals surface area contributed by atoms with Gasteiger partial charge in [-0.15, -0.1) is 0 Å². The fourth-order valence-electron chi connectivity index (χ4n) is 2.89. The molecule has 24 heavy (non-hydrogen) atoms. The topological polar surface area (TPSA) is 37.0 Å². The number of thiocarbonyl (C=S) groups is 1. The van der Waals surface area contributed by atoms with Crippen molar-refractivity contribution in [3.05, 3.63) is 23.3 Å². The Morgan fingerprint density at radius 2 is 1.75 bits per heavy atom. The van der Waals surface area contributed by atoms with Crippen molar-refractivity contribution in [1.29, 1.82) is 0 Å². The van der Waals surface area contributed by atoms with Gasteiger partial charge in [0, 0.05) is 39.3 Å². The quantitative estimate of drug-likeness (QED) is 0.794. The molecule has 1 saturated heterocycles. The summed E-state index contributed by atoms with van der Waals surface area (Å²) in [6, 6.07) is 4.14. The van der Waals surface area contributed by atoms with E-state index in [0.717, 1.165) is 62.3 Å². The van der Waals surface area contributed by atoms with Crippen molar-refractivity contribution in [3.63, 3.8) is 0 Å². The third kappa shape index (κ3) is 4.74. The van der Waals surface area contributed by atoms with Crippen molar-refractivity contribution in [2.75, 3.05) is 46.9 Å². The zero-order valence-electron chi connectivity index (χ0n) is 15.2. The number of nitrogens with one attached hydrogen (secondary N) is 1. The van der Waals surface area contributed by atoms with Crippen molar-refractivity contribution in [2.45, 2.75) is 26.8 Å². The molecular formula is C18H29N3O2S. The Bertz CT molecular complexity index is 557. The lowest BCUT2D eigenvalue weighted by atomic mass is 10.1. The fraction of sp³-hybridized carbons (Fsp3) is 0.611. The summed E-state index contributed by atoms with van der Waals surface area (Å²) in [5, 5.41) is 4.20. The van der Waals surface area contributed by atoms with Crippen LogP contribution >= 0.6 is 12.2 Å². The van der Waals surface area contributed by atoms with Gasteiger partial charge in [-0.2, -0.15) is 0 Å². The lowest BCUT2D eigenvalue weighted by Gasteiger charge is -2.36. The smallest absolute Gasteiger partial charge is 0.169 e. The standard InChI is InChI=1S/C18H29N3O2S/c1-5-6-19-18(24)21-9-7-20(8-10-21)13-15-12-17(23-4)16(22-3)11-14(15)2/h11-12H,5-10,13H2,1-4H3,(H,19,24). The van der Waals surface area contributed by atoms with E-state index in [1.165, 1.54) is 11.1 Å². The second kappa shape index (κ2) is 9.08. The molecule has 1 aromatic rings. The first-order valence-electron chi connectivity index (χ1n) is 8.55. The van der Waals surface area contributed by atoms with E-state index in [9.17, 15) is 0 Å². The van der Waals surface area contributed by atoms with Crippen LogP contribution in [0, 0.1) is 6.92 Å². The summed E-state index contributed by atoms with van der Waals surface area (Å²) in [7, 11) is 3.35. The monoisotopic (exact) mass is 351 g/mol. The van der Waals surface area contributed by atoms with Crippen molar-refractivity contribution in [1.82, 2.24) is 15.1 Å². The van der Waals surface area contributed by atoms with Crippen LogP contribution in [0.3, 0.4) is 0 Å². The van der Waals surface area contributed by atoms with Gasteiger partial charge in [-0.3, -0.25) is 4.90 Å². The van der Waals surface area contributed by atoms with Gasteiger partial charge in [-0.05, 0) is 48.8 Å². The number of aryl methyl sites for hydroxylation is 1. The molecule has 5 nitrogen and oxygen atoms in total. The van der Waals surface area contributed by atoms with Gasteiger partial charge in [0.1, 0.15) is 0 Å². The second-order valence-corrected chi connectivity index (χ2v) is 6.52. The number of methoxy groups -OCH3 is 2. The Balaban J connectivity index is 1.93. The van der Waals surface area contributed by atoms with Gasteiger partial charge in [-0.25, -0.2) is 0 Å². The number of hydrogen-bond donors (Lipinski definition) is 1. The number of piperazine rings is 1. The van der Waals surface area contributed by atoms with Crippen LogP contribution in [0.2, 0.25) is 0 Å². The number of benzene rings is 1. The highest BCUT2D eigenvalue weighted by Crippen LogP contribution is 2.30. The third-order valence-electron chi connectivity index (χ3n) is 4.42. The van der Waals surface area contributed by atoms with Crippen molar-refractivity contribution >= 4 is 17.3 Å². The molecule has 0 aliphatic carbocycles. The summed E-state index contributed by atoms with van der Waals surface area (Å²) < 4.78 is 10.8. The van der Waals surface area contributed by atoms with E-state index in [0.29, 0.717) is 0 Å². The summed E-state index contributed by atoms with van der Waals surface area (Å²) in [5.41, 5.74) is 2.52. The Kier molecular flexibility index (Phi) is 7.12. The summed E-state index contributed by atoms with van der Waals surface area (Å²) in [5.74, 6) is 1.58. The molecule has 0 radical (unpaired) electrons. The van der Waals surface area contributed by atoms with E-state index >= 15 is 0 Å². The number of rotatable bonds is 6. The minimum Gasteiger partial charge on any atom is -0.493 e. The van der Waals surface area contributed by atoms with Crippen LogP contribution in [0.25, 0.3) is 0 Å². The van der Waals surface area contributed by atoms with Crippen LogP contribution < -0.4 is 14.8 Å². The van der Waals surface area contributed by atoms with E-state index in [4.69, 9.17) is 21.7 Å². The van der Waals surface area contributed by atoms with Crippen molar-refractivity contribution < 1.29 is 9.47 Å². The second-order valence-electron chi connectivity index (χ2n) is 6.13. The molecule has 1 aliphatic heterocycles. The van der Waals surface area contributed by atoms with Crippen molar-refractivity contribution in [3.8, 4) is 11.5 Å². The van der Waals surface area contributed by atoms with E-state index in [2.05, 4.69) is 35.0 Å². The average molecular weight is 352 g/mol. The van der Waals surface area contributed by atoms with Crippen LogP contribution in [0.1, 0.15) is 24.5 Å². The molecule has 6 heteroatoms. The maximum atomic E-state index is 5.45. The maximum absolute atomic E-state index is 5.45. The Morgan fingerprint density at radius 3 is 2.33 bits per heavy atom. The SMILES string of the molecule is CCCNC(=S)N1CCN(Cc2cc(OC)c(OC)cc2C)CC1. The summed E-state index contributed by atoms with van der Waals surface area (Å²) >= 11 is 5.45. The highest BCUT2D eigenvalue weighted by molar-refractivity contribution is 7.80. The van der Waals surface area contributed by atoms with Crippen LogP contribution in [0.15, 0.2) is 12.1 Å². The fourth-order valence-corrected chi connectivity index (χ4v) is 3.17. The van der Waals surface area contributed by atoms with E-state index in [1.54, 1.807) is 14.2 Å². The first kappa shape index (κ1) is 18.8. The molecule has 0 unspecified atom stereocenters. The first-order valence-corrected chi connectivity index (χ1v) is 8.96. The molecule has 0 amide bonds. The number of ether oxygens (including phenoxy) is 2. The molecule has 0 spiro atoms. The normalized spacial score (nSPS) is 15.2. The van der Waals surface area contributed by atoms with Crippen LogP contribution in [0.4, 0.5) is 0 Å². The molecule has 1 N–H and O–H groups in total. The van der Waals surface area contributed by atoms with Gasteiger partial charge < -0.3 is 19.7 Å². The van der Waals surface area contributed by atoms with Crippen LogP contribution in [-0.2, 0) is 6.54 Å². The minimum atomic E-state index is 0.788. The molecule has 134 valence electrons. The van der Waals surface area contributed by atoms with Crippen LogP contribution in [0.5, 0.6) is 11.5 Å². The third-order valence-corrected chi connectivity index (χ3v) is 4.82. The molecule has 0 aromatic heterocycles. The minimum absolute atomic E-state index is 0.788. The van der Waals surface area contributed by atoms with Gasteiger partial charge in [-0.1, -0.05) is 6.92 Å².